The number of nitrogens with zero attached hydrogens (tertiary/aromatic N) is 1. The van der Waals surface area contributed by atoms with Gasteiger partial charge in [0.15, 0.2) is 4.77 Å². The highest BCUT2D eigenvalue weighted by Gasteiger charge is 2.04. The van der Waals surface area contributed by atoms with Crippen molar-refractivity contribution in [2.75, 3.05) is 0 Å². The lowest BCUT2D eigenvalue weighted by molar-refractivity contribution is 0.923. The Kier molecular flexibility index (Phi) is 1.93. The van der Waals surface area contributed by atoms with Gasteiger partial charge in [0.25, 0.3) is 0 Å². The average Bonchev–Trinajstić information content (AvgIpc) is 2.27. The van der Waals surface area contributed by atoms with Crippen molar-refractivity contribution in [3.63, 3.8) is 0 Å². The molecule has 0 amide bonds. The number of H-pyrrole nitrogens is 1. The summed E-state index contributed by atoms with van der Waals surface area (Å²) in [5.74, 6) is 0. The van der Waals surface area contributed by atoms with Gasteiger partial charge in [-0.25, -0.2) is 0 Å². The summed E-state index contributed by atoms with van der Waals surface area (Å²) in [7, 11) is 1.95. The highest BCUT2D eigenvalue weighted by Crippen LogP contribution is 2.22. The Labute approximate surface area is 86.1 Å². The van der Waals surface area contributed by atoms with E-state index in [0.29, 0.717) is 0 Å². The van der Waals surface area contributed by atoms with E-state index in [1.807, 2.05) is 30.7 Å². The zero-order valence-electron chi connectivity index (χ0n) is 7.39. The summed E-state index contributed by atoms with van der Waals surface area (Å²) in [6, 6.07) is 3.83. The maximum Gasteiger partial charge on any atom is 0.177 e. The lowest BCUT2D eigenvalue weighted by atomic mass is 10.2. The molecule has 0 radical (unpaired) electrons. The van der Waals surface area contributed by atoms with E-state index in [-0.39, 0.29) is 0 Å². The van der Waals surface area contributed by atoms with Gasteiger partial charge in [0.1, 0.15) is 0 Å². The summed E-state index contributed by atoms with van der Waals surface area (Å²) in [6.45, 7) is 2.02. The van der Waals surface area contributed by atoms with E-state index in [1.54, 1.807) is 0 Å². The highest BCUT2D eigenvalue weighted by atomic mass is 35.5. The van der Waals surface area contributed by atoms with E-state index in [4.69, 9.17) is 23.8 Å². The fourth-order valence-corrected chi connectivity index (χ4v) is 2.05. The highest BCUT2D eigenvalue weighted by molar-refractivity contribution is 7.71. The maximum absolute atomic E-state index is 5.92. The van der Waals surface area contributed by atoms with Crippen LogP contribution in [0.4, 0.5) is 0 Å². The molecule has 0 aliphatic heterocycles. The van der Waals surface area contributed by atoms with E-state index in [1.165, 1.54) is 0 Å². The Morgan fingerprint density at radius 2 is 2.15 bits per heavy atom. The number of halogens is 1. The Balaban J connectivity index is 3.03. The predicted molar refractivity (Wildman–Crippen MR) is 57.9 cm³/mol. The van der Waals surface area contributed by atoms with E-state index in [9.17, 15) is 0 Å². The van der Waals surface area contributed by atoms with E-state index < -0.39 is 0 Å². The van der Waals surface area contributed by atoms with Gasteiger partial charge in [-0.15, -0.1) is 0 Å². The molecule has 0 atom stereocenters. The number of aromatic amines is 1. The summed E-state index contributed by atoms with van der Waals surface area (Å²) in [5, 5.41) is 0.738. The standard InChI is InChI=1S/C9H9ClN2S/c1-5-3-6(10)4-7-8(5)12(2)9(13)11-7/h3-4H,1-2H3,(H,11,13). The quantitative estimate of drug-likeness (QED) is 0.666. The molecule has 1 aromatic heterocycles. The summed E-state index contributed by atoms with van der Waals surface area (Å²) >= 11 is 11.0. The summed E-state index contributed by atoms with van der Waals surface area (Å²) in [5.41, 5.74) is 3.25. The Bertz CT molecular complexity index is 524. The molecular weight excluding hydrogens is 204 g/mol. The minimum Gasteiger partial charge on any atom is -0.331 e. The van der Waals surface area contributed by atoms with Gasteiger partial charge in [-0.2, -0.15) is 0 Å². The Morgan fingerprint density at radius 1 is 1.46 bits per heavy atom. The maximum atomic E-state index is 5.92. The predicted octanol–water partition coefficient (Wildman–Crippen LogP) is 3.20. The van der Waals surface area contributed by atoms with Crippen molar-refractivity contribution in [2.24, 2.45) is 7.05 Å². The van der Waals surface area contributed by atoms with Crippen LogP contribution in [0.1, 0.15) is 5.56 Å². The average molecular weight is 213 g/mol. The number of rotatable bonds is 0. The molecule has 0 saturated heterocycles. The van der Waals surface area contributed by atoms with Crippen LogP contribution in [0.2, 0.25) is 5.02 Å². The second-order valence-electron chi connectivity index (χ2n) is 3.11. The first-order chi connectivity index (χ1) is 6.09. The van der Waals surface area contributed by atoms with Gasteiger partial charge in [-0.1, -0.05) is 11.6 Å². The molecule has 0 bridgehead atoms. The third kappa shape index (κ3) is 1.28. The lowest BCUT2D eigenvalue weighted by Crippen LogP contribution is -1.88. The SMILES string of the molecule is Cc1cc(Cl)cc2[nH]c(=S)n(C)c12. The van der Waals surface area contributed by atoms with Crippen molar-refractivity contribution in [3.05, 3.63) is 27.5 Å². The molecule has 0 fully saturated rings. The van der Waals surface area contributed by atoms with Crippen LogP contribution >= 0.6 is 23.8 Å². The molecular formula is C9H9ClN2S. The van der Waals surface area contributed by atoms with Crippen LogP contribution in [0, 0.1) is 11.7 Å². The normalized spacial score (nSPS) is 11.0. The van der Waals surface area contributed by atoms with E-state index in [0.717, 1.165) is 26.4 Å². The van der Waals surface area contributed by atoms with Crippen LogP contribution in [0.15, 0.2) is 12.1 Å². The van der Waals surface area contributed by atoms with Gasteiger partial charge in [0.05, 0.1) is 11.0 Å². The molecule has 1 aromatic carbocycles. The Morgan fingerprint density at radius 3 is 2.85 bits per heavy atom. The molecule has 0 unspecified atom stereocenters. The number of aromatic nitrogens is 2. The molecule has 1 N–H and O–H groups in total. The second-order valence-corrected chi connectivity index (χ2v) is 3.93. The second kappa shape index (κ2) is 2.86. The topological polar surface area (TPSA) is 20.7 Å². The van der Waals surface area contributed by atoms with Gasteiger partial charge in [-0.05, 0) is 36.8 Å². The molecule has 13 heavy (non-hydrogen) atoms. The molecule has 68 valence electrons. The minimum atomic E-state index is 0.723. The van der Waals surface area contributed by atoms with Crippen LogP contribution in [0.5, 0.6) is 0 Å². The van der Waals surface area contributed by atoms with Crippen LogP contribution in [-0.2, 0) is 7.05 Å². The zero-order chi connectivity index (χ0) is 9.59. The van der Waals surface area contributed by atoms with Crippen molar-refractivity contribution in [3.8, 4) is 0 Å². The number of nitrogens with one attached hydrogen (secondary N) is 1. The van der Waals surface area contributed by atoms with E-state index in [2.05, 4.69) is 4.98 Å². The van der Waals surface area contributed by atoms with Crippen molar-refractivity contribution in [1.82, 2.24) is 9.55 Å². The minimum absolute atomic E-state index is 0.723. The van der Waals surface area contributed by atoms with Gasteiger partial charge in [0, 0.05) is 12.1 Å². The third-order valence-corrected chi connectivity index (χ3v) is 2.74. The molecule has 1 heterocycles. The first-order valence-corrected chi connectivity index (χ1v) is 4.73. The number of aryl methyl sites for hydroxylation is 2. The molecule has 0 saturated carbocycles. The molecule has 0 aliphatic rings. The molecule has 2 rings (SSSR count). The number of hydrogen-bond acceptors (Lipinski definition) is 1. The van der Waals surface area contributed by atoms with Gasteiger partial charge >= 0.3 is 0 Å². The molecule has 0 spiro atoms. The zero-order valence-corrected chi connectivity index (χ0v) is 8.96. The van der Waals surface area contributed by atoms with Crippen molar-refractivity contribution in [2.45, 2.75) is 6.92 Å². The summed E-state index contributed by atoms with van der Waals surface area (Å²) < 4.78 is 2.68. The smallest absolute Gasteiger partial charge is 0.177 e. The van der Waals surface area contributed by atoms with Crippen LogP contribution < -0.4 is 0 Å². The van der Waals surface area contributed by atoms with Crippen LogP contribution in [-0.4, -0.2) is 9.55 Å². The van der Waals surface area contributed by atoms with Crippen molar-refractivity contribution >= 4 is 34.9 Å². The monoisotopic (exact) mass is 212 g/mol. The third-order valence-electron chi connectivity index (χ3n) is 2.15. The van der Waals surface area contributed by atoms with Gasteiger partial charge in [0.2, 0.25) is 0 Å². The number of imidazole rings is 1. The van der Waals surface area contributed by atoms with Gasteiger partial charge in [-0.3, -0.25) is 0 Å². The Hall–Kier alpha value is -0.800. The van der Waals surface area contributed by atoms with Crippen molar-refractivity contribution < 1.29 is 0 Å². The first kappa shape index (κ1) is 8.78. The molecule has 2 nitrogen and oxygen atoms in total. The van der Waals surface area contributed by atoms with Crippen LogP contribution in [0.3, 0.4) is 0 Å². The van der Waals surface area contributed by atoms with Crippen LogP contribution in [0.25, 0.3) is 11.0 Å². The molecule has 4 heteroatoms. The van der Waals surface area contributed by atoms with E-state index >= 15 is 0 Å². The summed E-state index contributed by atoms with van der Waals surface area (Å²) in [6.07, 6.45) is 0. The number of benzene rings is 1. The fraction of sp³-hybridized carbons (Fsp3) is 0.222. The lowest BCUT2D eigenvalue weighted by Gasteiger charge is -1.99. The largest absolute Gasteiger partial charge is 0.331 e. The first-order valence-electron chi connectivity index (χ1n) is 3.94. The molecule has 2 aromatic rings. The molecule has 0 aliphatic carbocycles. The van der Waals surface area contributed by atoms with Gasteiger partial charge < -0.3 is 9.55 Å². The summed E-state index contributed by atoms with van der Waals surface area (Å²) in [4.78, 5) is 3.10. The van der Waals surface area contributed by atoms with Crippen molar-refractivity contribution in [1.29, 1.82) is 0 Å². The number of fused-ring (bicyclic) bond motifs is 1. The number of hydrogen-bond donors (Lipinski definition) is 1. The fourth-order valence-electron chi connectivity index (χ4n) is 1.58.